The van der Waals surface area contributed by atoms with E-state index in [1.54, 1.807) is 6.92 Å². The van der Waals surface area contributed by atoms with Gasteiger partial charge in [0.25, 0.3) is 0 Å². The molecule has 5 atom stereocenters. The van der Waals surface area contributed by atoms with Crippen LogP contribution in [0.5, 0.6) is 5.75 Å². The van der Waals surface area contributed by atoms with Crippen LogP contribution in [0.3, 0.4) is 0 Å². The van der Waals surface area contributed by atoms with Gasteiger partial charge in [0.2, 0.25) is 5.91 Å². The van der Waals surface area contributed by atoms with Crippen molar-refractivity contribution < 1.29 is 14.3 Å². The molecule has 4 unspecified atom stereocenters. The molecule has 1 aromatic carbocycles. The maximum absolute atomic E-state index is 13.0. The first-order valence-electron chi connectivity index (χ1n) is 12.5. The zero-order valence-corrected chi connectivity index (χ0v) is 20.0. The van der Waals surface area contributed by atoms with Crippen molar-refractivity contribution in [3.05, 3.63) is 29.3 Å². The zero-order chi connectivity index (χ0) is 22.8. The summed E-state index contributed by atoms with van der Waals surface area (Å²) in [5.41, 5.74) is 3.02. The molecule has 3 aliphatic rings. The standard InChI is InChI=1S/C27H38N2O3/c1-5-8-20(17(2)16-29-14-7-6-9-24(29)19(4)30)15-23-21-12-13-25-22(11-10-18(3)32-25)26(21)28-27(23)31/h10-13,17-18,20,23-24H,5-9,14-16H2,1-4H3,(H,28,31)/t17-,18?,20?,23?,24?/m1/s1. The van der Waals surface area contributed by atoms with Crippen molar-refractivity contribution in [3.63, 3.8) is 0 Å². The normalized spacial score (nSPS) is 26.6. The number of piperidine rings is 1. The lowest BCUT2D eigenvalue weighted by atomic mass is 9.79. The molecule has 0 spiro atoms. The summed E-state index contributed by atoms with van der Waals surface area (Å²) in [6, 6.07) is 4.17. The highest BCUT2D eigenvalue weighted by atomic mass is 16.5. The van der Waals surface area contributed by atoms with E-state index < -0.39 is 0 Å². The van der Waals surface area contributed by atoms with Crippen LogP contribution in [-0.4, -0.2) is 41.8 Å². The predicted octanol–water partition coefficient (Wildman–Crippen LogP) is 5.40. The lowest BCUT2D eigenvalue weighted by molar-refractivity contribution is -0.123. The van der Waals surface area contributed by atoms with Crippen molar-refractivity contribution in [2.45, 2.75) is 84.3 Å². The van der Waals surface area contributed by atoms with Gasteiger partial charge < -0.3 is 10.1 Å². The highest BCUT2D eigenvalue weighted by molar-refractivity contribution is 6.05. The molecule has 5 nitrogen and oxygen atoms in total. The fourth-order valence-electron chi connectivity index (χ4n) is 5.87. The minimum Gasteiger partial charge on any atom is -0.486 e. The van der Waals surface area contributed by atoms with Gasteiger partial charge in [0.15, 0.2) is 0 Å². The number of nitrogens with zero attached hydrogens (tertiary/aromatic N) is 1. The van der Waals surface area contributed by atoms with Crippen molar-refractivity contribution in [1.82, 2.24) is 4.90 Å². The lowest BCUT2D eigenvalue weighted by Gasteiger charge is -2.38. The number of likely N-dealkylation sites (tertiary alicyclic amines) is 1. The molecular weight excluding hydrogens is 400 g/mol. The molecule has 4 rings (SSSR count). The maximum Gasteiger partial charge on any atom is 0.232 e. The molecule has 1 aromatic rings. The van der Waals surface area contributed by atoms with Crippen LogP contribution >= 0.6 is 0 Å². The molecule has 0 radical (unpaired) electrons. The molecule has 1 saturated heterocycles. The van der Waals surface area contributed by atoms with E-state index in [1.807, 2.05) is 19.1 Å². The third kappa shape index (κ3) is 4.63. The van der Waals surface area contributed by atoms with Gasteiger partial charge in [-0.15, -0.1) is 0 Å². The number of rotatable bonds is 8. The Hall–Kier alpha value is -2.14. The molecule has 3 heterocycles. The van der Waals surface area contributed by atoms with Crippen molar-refractivity contribution in [3.8, 4) is 5.75 Å². The SMILES string of the molecule is CCCC(CC1C(=O)Nc2c1ccc1c2C=CC(C)O1)[C@H](C)CN1CCCCC1C(C)=O. The van der Waals surface area contributed by atoms with Gasteiger partial charge in [-0.05, 0) is 75.3 Å². The summed E-state index contributed by atoms with van der Waals surface area (Å²) < 4.78 is 5.93. The van der Waals surface area contributed by atoms with Crippen molar-refractivity contribution in [2.24, 2.45) is 11.8 Å². The van der Waals surface area contributed by atoms with Crippen molar-refractivity contribution in [2.75, 3.05) is 18.4 Å². The Balaban J connectivity index is 1.51. The Labute approximate surface area is 192 Å². The number of fused-ring (bicyclic) bond motifs is 3. The summed E-state index contributed by atoms with van der Waals surface area (Å²) >= 11 is 0. The number of anilines is 1. The molecule has 0 bridgehead atoms. The van der Waals surface area contributed by atoms with E-state index >= 15 is 0 Å². The molecule has 32 heavy (non-hydrogen) atoms. The van der Waals surface area contributed by atoms with Crippen LogP contribution in [0.1, 0.15) is 83.3 Å². The third-order valence-electron chi connectivity index (χ3n) is 7.63. The second-order valence-corrected chi connectivity index (χ2v) is 10.0. The monoisotopic (exact) mass is 438 g/mol. The van der Waals surface area contributed by atoms with E-state index in [0.717, 1.165) is 67.8 Å². The molecule has 174 valence electrons. The summed E-state index contributed by atoms with van der Waals surface area (Å²) in [6.45, 7) is 10.2. The fraction of sp³-hybridized carbons (Fsp3) is 0.630. The number of benzene rings is 1. The molecule has 5 heteroatoms. The molecular formula is C27H38N2O3. The van der Waals surface area contributed by atoms with Crippen LogP contribution in [0, 0.1) is 11.8 Å². The summed E-state index contributed by atoms with van der Waals surface area (Å²) in [4.78, 5) is 27.6. The average molecular weight is 439 g/mol. The number of hydrogen-bond donors (Lipinski definition) is 1. The minimum atomic E-state index is -0.119. The Morgan fingerprint density at radius 2 is 2.12 bits per heavy atom. The fourth-order valence-corrected chi connectivity index (χ4v) is 5.87. The smallest absolute Gasteiger partial charge is 0.232 e. The molecule has 0 saturated carbocycles. The van der Waals surface area contributed by atoms with Gasteiger partial charge in [0.1, 0.15) is 17.6 Å². The van der Waals surface area contributed by atoms with Crippen LogP contribution in [-0.2, 0) is 9.59 Å². The Morgan fingerprint density at radius 3 is 2.88 bits per heavy atom. The average Bonchev–Trinajstić information content (AvgIpc) is 3.08. The first-order chi connectivity index (χ1) is 15.4. The van der Waals surface area contributed by atoms with Gasteiger partial charge >= 0.3 is 0 Å². The minimum absolute atomic E-state index is 0.0526. The van der Waals surface area contributed by atoms with Crippen LogP contribution in [0.15, 0.2) is 18.2 Å². The lowest BCUT2D eigenvalue weighted by Crippen LogP contribution is -2.46. The quantitative estimate of drug-likeness (QED) is 0.590. The predicted molar refractivity (Wildman–Crippen MR) is 129 cm³/mol. The Morgan fingerprint density at radius 1 is 1.31 bits per heavy atom. The molecule has 3 aliphatic heterocycles. The zero-order valence-electron chi connectivity index (χ0n) is 20.0. The second kappa shape index (κ2) is 9.78. The number of carbonyl (C=O) groups excluding carboxylic acids is 2. The van der Waals surface area contributed by atoms with Crippen molar-refractivity contribution in [1.29, 1.82) is 0 Å². The van der Waals surface area contributed by atoms with E-state index in [0.29, 0.717) is 17.6 Å². The van der Waals surface area contributed by atoms with Crippen LogP contribution in [0.4, 0.5) is 5.69 Å². The van der Waals surface area contributed by atoms with Gasteiger partial charge in [-0.3, -0.25) is 14.5 Å². The second-order valence-electron chi connectivity index (χ2n) is 10.0. The van der Waals surface area contributed by atoms with Gasteiger partial charge in [-0.25, -0.2) is 0 Å². The van der Waals surface area contributed by atoms with E-state index in [2.05, 4.69) is 36.2 Å². The number of Topliss-reactive ketones (excluding diaryl/α,β-unsaturated/α-hetero) is 1. The number of hydrogen-bond acceptors (Lipinski definition) is 4. The summed E-state index contributed by atoms with van der Waals surface area (Å²) in [7, 11) is 0. The van der Waals surface area contributed by atoms with Crippen LogP contribution < -0.4 is 10.1 Å². The van der Waals surface area contributed by atoms with Crippen molar-refractivity contribution >= 4 is 23.5 Å². The summed E-state index contributed by atoms with van der Waals surface area (Å²) in [6.07, 6.45) is 10.5. The van der Waals surface area contributed by atoms with E-state index in [4.69, 9.17) is 4.74 Å². The molecule has 1 amide bonds. The Kier molecular flexibility index (Phi) is 7.04. The number of ketones is 1. The first kappa shape index (κ1) is 23.0. The topological polar surface area (TPSA) is 58.6 Å². The molecule has 0 aromatic heterocycles. The van der Waals surface area contributed by atoms with E-state index in [9.17, 15) is 9.59 Å². The van der Waals surface area contributed by atoms with Gasteiger partial charge in [0.05, 0.1) is 17.6 Å². The van der Waals surface area contributed by atoms with Gasteiger partial charge in [-0.1, -0.05) is 39.2 Å². The highest BCUT2D eigenvalue weighted by Gasteiger charge is 2.37. The Bertz CT molecular complexity index is 893. The van der Waals surface area contributed by atoms with Crippen LogP contribution in [0.2, 0.25) is 0 Å². The number of nitrogens with one attached hydrogen (secondary N) is 1. The molecule has 1 fully saturated rings. The van der Waals surface area contributed by atoms with Gasteiger partial charge in [0, 0.05) is 12.1 Å². The summed E-state index contributed by atoms with van der Waals surface area (Å²) in [5.74, 6) is 2.01. The van der Waals surface area contributed by atoms with Gasteiger partial charge in [-0.2, -0.15) is 0 Å². The number of ether oxygens (including phenoxy) is 1. The largest absolute Gasteiger partial charge is 0.486 e. The summed E-state index contributed by atoms with van der Waals surface area (Å²) in [5, 5.41) is 3.15. The molecule has 0 aliphatic carbocycles. The van der Waals surface area contributed by atoms with E-state index in [1.165, 1.54) is 6.42 Å². The molecule has 1 N–H and O–H groups in total. The first-order valence-corrected chi connectivity index (χ1v) is 12.5. The van der Waals surface area contributed by atoms with Crippen LogP contribution in [0.25, 0.3) is 6.08 Å². The maximum atomic E-state index is 13.0. The highest BCUT2D eigenvalue weighted by Crippen LogP contribution is 2.45. The number of amides is 1. The number of carbonyl (C=O) groups is 2. The van der Waals surface area contributed by atoms with E-state index in [-0.39, 0.29) is 24.0 Å². The third-order valence-corrected chi connectivity index (χ3v) is 7.63.